The maximum Gasteiger partial charge on any atom is 0.414 e. The molecule has 3 N–H and O–H groups in total. The fourth-order valence-electron chi connectivity index (χ4n) is 3.86. The lowest BCUT2D eigenvalue weighted by Crippen LogP contribution is -2.46. The molecule has 146 valence electrons. The van der Waals surface area contributed by atoms with Crippen LogP contribution in [-0.4, -0.2) is 67.0 Å². The minimum atomic E-state index is -1.82. The molecule has 10 nitrogen and oxygen atoms in total. The average Bonchev–Trinajstić information content (AvgIpc) is 3.36. The molecule has 1 atom stereocenters. The van der Waals surface area contributed by atoms with Crippen LogP contribution in [0.1, 0.15) is 24.7 Å². The Balaban J connectivity index is 0.000000283. The third-order valence-corrected chi connectivity index (χ3v) is 5.28. The van der Waals surface area contributed by atoms with Crippen LogP contribution in [0, 0.1) is 5.92 Å². The predicted octanol–water partition coefficient (Wildman–Crippen LogP) is 1.58. The minimum Gasteiger partial charge on any atom is -0.473 e. The van der Waals surface area contributed by atoms with Crippen LogP contribution < -0.4 is 0 Å². The summed E-state index contributed by atoms with van der Waals surface area (Å²) in [5.41, 5.74) is 1.76. The maximum absolute atomic E-state index is 9.10. The van der Waals surface area contributed by atoms with Gasteiger partial charge in [0, 0.05) is 11.9 Å². The standard InChI is InChI=1S/C16H17N5O.C2H2O4/c1-2-4-13-11(3-1)14(19-18-13)15-17-16(22-20-15)12-9-21-7-5-10(12)6-8-21;3-1(4)2(5)6/h1-4,10,12H,5-9H2,(H,18,19);(H,3,4)(H,5,6). The van der Waals surface area contributed by atoms with Crippen molar-refractivity contribution < 1.29 is 24.3 Å². The van der Waals surface area contributed by atoms with Crippen LogP contribution >= 0.6 is 0 Å². The molecule has 3 aliphatic rings. The monoisotopic (exact) mass is 385 g/mol. The average molecular weight is 385 g/mol. The second-order valence-electron chi connectivity index (χ2n) is 6.93. The first kappa shape index (κ1) is 18.1. The highest BCUT2D eigenvalue weighted by Crippen LogP contribution is 2.38. The molecule has 3 aromatic rings. The van der Waals surface area contributed by atoms with Crippen molar-refractivity contribution in [1.29, 1.82) is 0 Å². The van der Waals surface area contributed by atoms with Crippen LogP contribution in [0.25, 0.3) is 22.4 Å². The van der Waals surface area contributed by atoms with Crippen molar-refractivity contribution in [2.45, 2.75) is 18.8 Å². The number of carbonyl (C=O) groups is 2. The number of benzene rings is 1. The summed E-state index contributed by atoms with van der Waals surface area (Å²) in [7, 11) is 0. The first-order valence-electron chi connectivity index (χ1n) is 8.98. The van der Waals surface area contributed by atoms with E-state index in [0.29, 0.717) is 17.7 Å². The molecule has 2 bridgehead atoms. The number of hydrogen-bond acceptors (Lipinski definition) is 7. The van der Waals surface area contributed by atoms with Gasteiger partial charge >= 0.3 is 11.9 Å². The molecule has 28 heavy (non-hydrogen) atoms. The molecule has 0 radical (unpaired) electrons. The van der Waals surface area contributed by atoms with Crippen LogP contribution in [0.2, 0.25) is 0 Å². The van der Waals surface area contributed by atoms with Gasteiger partial charge in [-0.3, -0.25) is 5.10 Å². The minimum absolute atomic E-state index is 0.383. The van der Waals surface area contributed by atoms with Gasteiger partial charge in [0.1, 0.15) is 5.69 Å². The third-order valence-electron chi connectivity index (χ3n) is 5.28. The number of aromatic amines is 1. The Morgan fingerprint density at radius 3 is 2.50 bits per heavy atom. The van der Waals surface area contributed by atoms with Crippen LogP contribution in [0.4, 0.5) is 0 Å². The molecule has 0 amide bonds. The lowest BCUT2D eigenvalue weighted by Gasteiger charge is -2.43. The molecule has 1 aromatic carbocycles. The molecule has 0 saturated carbocycles. The predicted molar refractivity (Wildman–Crippen MR) is 96.6 cm³/mol. The number of fused-ring (bicyclic) bond motifs is 4. The SMILES string of the molecule is O=C(O)C(=O)O.c1ccc2c(-c3noc(C4CN5CCC4CC5)n3)n[nH]c2c1. The Bertz CT molecular complexity index is 993. The van der Waals surface area contributed by atoms with E-state index in [1.165, 1.54) is 25.9 Å². The molecule has 3 saturated heterocycles. The number of rotatable bonds is 2. The molecule has 6 rings (SSSR count). The quantitative estimate of drug-likeness (QED) is 0.560. The fourth-order valence-corrected chi connectivity index (χ4v) is 3.86. The smallest absolute Gasteiger partial charge is 0.414 e. The van der Waals surface area contributed by atoms with Gasteiger partial charge in [-0.2, -0.15) is 10.1 Å². The van der Waals surface area contributed by atoms with Gasteiger partial charge in [-0.05, 0) is 37.9 Å². The number of nitrogens with one attached hydrogen (secondary N) is 1. The van der Waals surface area contributed by atoms with Gasteiger partial charge in [0.05, 0.1) is 11.4 Å². The Hall–Kier alpha value is -3.27. The Kier molecular flexibility index (Phi) is 4.78. The molecule has 3 aliphatic heterocycles. The lowest BCUT2D eigenvalue weighted by molar-refractivity contribution is -0.159. The molecule has 2 aromatic heterocycles. The zero-order chi connectivity index (χ0) is 19.7. The Labute approximate surface area is 159 Å². The number of piperidine rings is 3. The van der Waals surface area contributed by atoms with Gasteiger partial charge in [0.15, 0.2) is 0 Å². The largest absolute Gasteiger partial charge is 0.473 e. The number of aromatic nitrogens is 4. The van der Waals surface area contributed by atoms with E-state index in [4.69, 9.17) is 24.3 Å². The van der Waals surface area contributed by atoms with Gasteiger partial charge in [-0.15, -0.1) is 0 Å². The molecular weight excluding hydrogens is 366 g/mol. The molecule has 0 aliphatic carbocycles. The van der Waals surface area contributed by atoms with Crippen molar-refractivity contribution in [3.05, 3.63) is 30.2 Å². The second kappa shape index (κ2) is 7.39. The number of carboxylic acids is 2. The van der Waals surface area contributed by atoms with Crippen molar-refractivity contribution in [3.63, 3.8) is 0 Å². The van der Waals surface area contributed by atoms with E-state index in [0.717, 1.165) is 29.0 Å². The summed E-state index contributed by atoms with van der Waals surface area (Å²) >= 11 is 0. The molecule has 5 heterocycles. The summed E-state index contributed by atoms with van der Waals surface area (Å²) in [6.45, 7) is 3.48. The van der Waals surface area contributed by atoms with E-state index in [-0.39, 0.29) is 0 Å². The number of H-pyrrole nitrogens is 1. The van der Waals surface area contributed by atoms with Gasteiger partial charge in [0.2, 0.25) is 11.7 Å². The van der Waals surface area contributed by atoms with Gasteiger partial charge in [-0.25, -0.2) is 9.59 Å². The van der Waals surface area contributed by atoms with Crippen molar-refractivity contribution in [2.24, 2.45) is 5.92 Å². The molecule has 0 spiro atoms. The summed E-state index contributed by atoms with van der Waals surface area (Å²) in [6.07, 6.45) is 2.49. The van der Waals surface area contributed by atoms with Crippen LogP contribution in [0.5, 0.6) is 0 Å². The van der Waals surface area contributed by atoms with Crippen molar-refractivity contribution in [3.8, 4) is 11.5 Å². The normalized spacial score (nSPS) is 23.2. The van der Waals surface area contributed by atoms with E-state index in [1.54, 1.807) is 0 Å². The zero-order valence-electron chi connectivity index (χ0n) is 14.9. The summed E-state index contributed by atoms with van der Waals surface area (Å²) < 4.78 is 5.59. The highest BCUT2D eigenvalue weighted by Gasteiger charge is 2.38. The fraction of sp³-hybridized carbons (Fsp3) is 0.389. The molecule has 10 heteroatoms. The summed E-state index contributed by atoms with van der Waals surface area (Å²) in [5, 5.41) is 27.4. The second-order valence-corrected chi connectivity index (χ2v) is 6.93. The van der Waals surface area contributed by atoms with Gasteiger partial charge in [-0.1, -0.05) is 23.4 Å². The van der Waals surface area contributed by atoms with E-state index in [1.807, 2.05) is 24.3 Å². The third kappa shape index (κ3) is 3.46. The number of para-hydroxylation sites is 1. The van der Waals surface area contributed by atoms with Crippen molar-refractivity contribution >= 4 is 22.8 Å². The van der Waals surface area contributed by atoms with Crippen LogP contribution in [0.15, 0.2) is 28.8 Å². The van der Waals surface area contributed by atoms with Crippen LogP contribution in [0.3, 0.4) is 0 Å². The zero-order valence-corrected chi connectivity index (χ0v) is 14.9. The molecular formula is C18H19N5O5. The Morgan fingerprint density at radius 2 is 1.86 bits per heavy atom. The Morgan fingerprint density at radius 1 is 1.14 bits per heavy atom. The first-order chi connectivity index (χ1) is 13.5. The van der Waals surface area contributed by atoms with E-state index < -0.39 is 11.9 Å². The van der Waals surface area contributed by atoms with E-state index >= 15 is 0 Å². The van der Waals surface area contributed by atoms with E-state index in [9.17, 15) is 0 Å². The van der Waals surface area contributed by atoms with Crippen LogP contribution in [-0.2, 0) is 9.59 Å². The molecule has 3 fully saturated rings. The highest BCUT2D eigenvalue weighted by atomic mass is 16.5. The number of hydrogen-bond donors (Lipinski definition) is 3. The van der Waals surface area contributed by atoms with Gasteiger partial charge in [0.25, 0.3) is 0 Å². The number of aliphatic carboxylic acids is 2. The summed E-state index contributed by atoms with van der Waals surface area (Å²) in [4.78, 5) is 25.4. The first-order valence-corrected chi connectivity index (χ1v) is 8.98. The topological polar surface area (TPSA) is 145 Å². The highest BCUT2D eigenvalue weighted by molar-refractivity contribution is 6.27. The number of carboxylic acid groups (broad SMARTS) is 2. The molecule has 1 unspecified atom stereocenters. The summed E-state index contributed by atoms with van der Waals surface area (Å²) in [6, 6.07) is 8.01. The number of nitrogens with zero attached hydrogens (tertiary/aromatic N) is 4. The lowest BCUT2D eigenvalue weighted by atomic mass is 9.79. The van der Waals surface area contributed by atoms with Gasteiger partial charge < -0.3 is 19.6 Å². The van der Waals surface area contributed by atoms with Crippen molar-refractivity contribution in [1.82, 2.24) is 25.2 Å². The van der Waals surface area contributed by atoms with E-state index in [2.05, 4.69) is 25.2 Å². The maximum atomic E-state index is 9.10. The summed E-state index contributed by atoms with van der Waals surface area (Å²) in [5.74, 6) is -1.21. The van der Waals surface area contributed by atoms with Crippen molar-refractivity contribution in [2.75, 3.05) is 19.6 Å².